The van der Waals surface area contributed by atoms with E-state index in [1.165, 1.54) is 24.8 Å². The molecular formula is C23H41IN4O2. The Hall–Kier alpha value is -1.06. The highest BCUT2D eigenvalue weighted by molar-refractivity contribution is 14.0. The maximum Gasteiger partial charge on any atom is 0.191 e. The van der Waals surface area contributed by atoms with Gasteiger partial charge in [-0.05, 0) is 58.7 Å². The summed E-state index contributed by atoms with van der Waals surface area (Å²) >= 11 is 0. The van der Waals surface area contributed by atoms with Gasteiger partial charge in [0.05, 0.1) is 19.7 Å². The summed E-state index contributed by atoms with van der Waals surface area (Å²) < 4.78 is 11.1. The Kier molecular flexibility index (Phi) is 14.9. The molecule has 172 valence electrons. The van der Waals surface area contributed by atoms with Gasteiger partial charge in [0, 0.05) is 31.9 Å². The molecule has 1 unspecified atom stereocenters. The number of guanidine groups is 1. The summed E-state index contributed by atoms with van der Waals surface area (Å²) in [6.07, 6.45) is 5.98. The van der Waals surface area contributed by atoms with Gasteiger partial charge in [0.25, 0.3) is 0 Å². The Bertz CT molecular complexity index is 594. The number of likely N-dealkylation sites (tertiary alicyclic amines) is 1. The van der Waals surface area contributed by atoms with Crippen molar-refractivity contribution in [3.63, 3.8) is 0 Å². The molecule has 6 nitrogen and oxygen atoms in total. The minimum absolute atomic E-state index is 0. The second kappa shape index (κ2) is 16.6. The molecule has 0 aromatic heterocycles. The molecule has 2 N–H and O–H groups in total. The van der Waals surface area contributed by atoms with Gasteiger partial charge in [-0.25, -0.2) is 0 Å². The van der Waals surface area contributed by atoms with Crippen molar-refractivity contribution in [2.24, 2.45) is 4.99 Å². The lowest BCUT2D eigenvalue weighted by Crippen LogP contribution is -2.40. The Morgan fingerprint density at radius 3 is 2.57 bits per heavy atom. The molecule has 30 heavy (non-hydrogen) atoms. The highest BCUT2D eigenvalue weighted by atomic mass is 127. The molecule has 0 saturated carbocycles. The van der Waals surface area contributed by atoms with Crippen LogP contribution in [0, 0.1) is 0 Å². The van der Waals surface area contributed by atoms with E-state index in [0.717, 1.165) is 63.9 Å². The highest BCUT2D eigenvalue weighted by Crippen LogP contribution is 2.31. The first-order valence-electron chi connectivity index (χ1n) is 11.3. The Morgan fingerprint density at radius 2 is 1.87 bits per heavy atom. The Balaban J connectivity index is 0.00000450. The monoisotopic (exact) mass is 532 g/mol. The van der Waals surface area contributed by atoms with E-state index in [-0.39, 0.29) is 30.0 Å². The second-order valence-electron chi connectivity index (χ2n) is 7.40. The number of para-hydroxylation sites is 1. The van der Waals surface area contributed by atoms with Crippen LogP contribution in [0.2, 0.25) is 0 Å². The van der Waals surface area contributed by atoms with E-state index in [0.29, 0.717) is 6.54 Å². The number of hydrogen-bond donors (Lipinski definition) is 2. The second-order valence-corrected chi connectivity index (χ2v) is 7.40. The fraction of sp³-hybridized carbons (Fsp3) is 0.696. The number of methoxy groups -OCH3 is 1. The van der Waals surface area contributed by atoms with Crippen LogP contribution in [-0.4, -0.2) is 63.9 Å². The van der Waals surface area contributed by atoms with E-state index in [1.54, 1.807) is 7.11 Å². The number of nitrogens with zero attached hydrogens (tertiary/aromatic N) is 2. The van der Waals surface area contributed by atoms with E-state index < -0.39 is 0 Å². The average Bonchev–Trinajstić information content (AvgIpc) is 2.77. The Labute approximate surface area is 200 Å². The Morgan fingerprint density at radius 1 is 1.10 bits per heavy atom. The van der Waals surface area contributed by atoms with Gasteiger partial charge in [0.2, 0.25) is 0 Å². The first kappa shape index (κ1) is 27.0. The zero-order valence-corrected chi connectivity index (χ0v) is 21.3. The number of halogens is 1. The molecule has 1 atom stereocenters. The van der Waals surface area contributed by atoms with Gasteiger partial charge < -0.3 is 20.1 Å². The third kappa shape index (κ3) is 9.39. The number of rotatable bonds is 12. The molecule has 0 spiro atoms. The molecule has 1 aliphatic rings. The van der Waals surface area contributed by atoms with Crippen LogP contribution in [0.5, 0.6) is 5.75 Å². The smallest absolute Gasteiger partial charge is 0.191 e. The van der Waals surface area contributed by atoms with Crippen LogP contribution in [0.1, 0.15) is 57.6 Å². The first-order chi connectivity index (χ1) is 14.3. The summed E-state index contributed by atoms with van der Waals surface area (Å²) in [5.74, 6) is 1.84. The number of ether oxygens (including phenoxy) is 2. The number of piperidine rings is 1. The number of aliphatic imine (C=N–C) groups is 1. The summed E-state index contributed by atoms with van der Waals surface area (Å²) in [6.45, 7) is 10.5. The molecule has 1 saturated heterocycles. The number of benzene rings is 1. The predicted molar refractivity (Wildman–Crippen MR) is 136 cm³/mol. The molecule has 1 aromatic rings. The lowest BCUT2D eigenvalue weighted by atomic mass is 10.0. The molecule has 0 bridgehead atoms. The van der Waals surface area contributed by atoms with Crippen LogP contribution in [0.15, 0.2) is 29.3 Å². The zero-order valence-electron chi connectivity index (χ0n) is 19.0. The van der Waals surface area contributed by atoms with Gasteiger partial charge in [-0.1, -0.05) is 24.6 Å². The quantitative estimate of drug-likeness (QED) is 0.183. The standard InChI is InChI=1S/C23H40N4O2.HI/c1-4-24-23(25-15-9-12-18-29-5-2)26-19-21(27-16-10-6-11-17-27)20-13-7-8-14-22(20)28-3;/h7-8,13-14,21H,4-6,9-12,15-19H2,1-3H3,(H2,24,25,26);1H. The van der Waals surface area contributed by atoms with Gasteiger partial charge in [0.1, 0.15) is 5.75 Å². The number of nitrogens with one attached hydrogen (secondary N) is 2. The molecule has 0 radical (unpaired) electrons. The summed E-state index contributed by atoms with van der Waals surface area (Å²) in [5, 5.41) is 6.85. The van der Waals surface area contributed by atoms with Crippen LogP contribution in [-0.2, 0) is 4.74 Å². The SMILES string of the molecule is CCNC(=NCC(c1ccccc1OC)N1CCCCC1)NCCCCOCC.I. The molecule has 2 rings (SSSR count). The lowest BCUT2D eigenvalue weighted by Gasteiger charge is -2.34. The molecule has 7 heteroatoms. The summed E-state index contributed by atoms with van der Waals surface area (Å²) in [7, 11) is 1.75. The summed E-state index contributed by atoms with van der Waals surface area (Å²) in [6, 6.07) is 8.60. The van der Waals surface area contributed by atoms with Crippen molar-refractivity contribution in [2.45, 2.75) is 52.0 Å². The normalized spacial score (nSPS) is 15.9. The van der Waals surface area contributed by atoms with Crippen molar-refractivity contribution in [1.82, 2.24) is 15.5 Å². The van der Waals surface area contributed by atoms with Gasteiger partial charge in [-0.3, -0.25) is 9.89 Å². The third-order valence-electron chi connectivity index (χ3n) is 5.31. The van der Waals surface area contributed by atoms with Gasteiger partial charge in [-0.2, -0.15) is 0 Å². The number of hydrogen-bond acceptors (Lipinski definition) is 4. The van der Waals surface area contributed by atoms with Crippen molar-refractivity contribution in [1.29, 1.82) is 0 Å². The fourth-order valence-corrected chi connectivity index (χ4v) is 3.78. The van der Waals surface area contributed by atoms with Crippen molar-refractivity contribution in [3.05, 3.63) is 29.8 Å². The molecular weight excluding hydrogens is 491 g/mol. The van der Waals surface area contributed by atoms with E-state index >= 15 is 0 Å². The van der Waals surface area contributed by atoms with Gasteiger partial charge in [-0.15, -0.1) is 24.0 Å². The third-order valence-corrected chi connectivity index (χ3v) is 5.31. The maximum absolute atomic E-state index is 5.66. The van der Waals surface area contributed by atoms with Crippen LogP contribution >= 0.6 is 24.0 Å². The molecule has 0 amide bonds. The minimum atomic E-state index is 0. The van der Waals surface area contributed by atoms with Gasteiger partial charge in [0.15, 0.2) is 5.96 Å². The topological polar surface area (TPSA) is 58.1 Å². The predicted octanol–water partition coefficient (Wildman–Crippen LogP) is 4.21. The molecule has 1 fully saturated rings. The average molecular weight is 533 g/mol. The van der Waals surface area contributed by atoms with Crippen molar-refractivity contribution in [2.75, 3.05) is 53.0 Å². The van der Waals surface area contributed by atoms with Crippen molar-refractivity contribution >= 4 is 29.9 Å². The fourth-order valence-electron chi connectivity index (χ4n) is 3.78. The largest absolute Gasteiger partial charge is 0.496 e. The molecule has 1 aliphatic heterocycles. The van der Waals surface area contributed by atoms with E-state index in [1.807, 2.05) is 13.0 Å². The van der Waals surface area contributed by atoms with Crippen molar-refractivity contribution in [3.8, 4) is 5.75 Å². The summed E-state index contributed by atoms with van der Waals surface area (Å²) in [4.78, 5) is 7.51. The molecule has 1 aromatic carbocycles. The highest BCUT2D eigenvalue weighted by Gasteiger charge is 2.24. The molecule has 0 aliphatic carbocycles. The van der Waals surface area contributed by atoms with E-state index in [9.17, 15) is 0 Å². The zero-order chi connectivity index (χ0) is 20.7. The van der Waals surface area contributed by atoms with E-state index in [4.69, 9.17) is 14.5 Å². The van der Waals surface area contributed by atoms with Crippen LogP contribution in [0.3, 0.4) is 0 Å². The van der Waals surface area contributed by atoms with Crippen LogP contribution in [0.25, 0.3) is 0 Å². The summed E-state index contributed by atoms with van der Waals surface area (Å²) in [5.41, 5.74) is 1.23. The number of unbranched alkanes of at least 4 members (excludes halogenated alkanes) is 1. The van der Waals surface area contributed by atoms with Crippen LogP contribution in [0.4, 0.5) is 0 Å². The van der Waals surface area contributed by atoms with Crippen LogP contribution < -0.4 is 15.4 Å². The van der Waals surface area contributed by atoms with E-state index in [2.05, 4.69) is 40.7 Å². The first-order valence-corrected chi connectivity index (χ1v) is 11.3. The maximum atomic E-state index is 5.66. The lowest BCUT2D eigenvalue weighted by molar-refractivity contribution is 0.143. The minimum Gasteiger partial charge on any atom is -0.496 e. The molecule has 1 heterocycles. The van der Waals surface area contributed by atoms with Crippen molar-refractivity contribution < 1.29 is 9.47 Å². The van der Waals surface area contributed by atoms with Gasteiger partial charge >= 0.3 is 0 Å².